The number of carbonyl (C=O) groups excluding carboxylic acids is 2. The number of likely N-dealkylation sites (N-methyl/N-ethyl adjacent to an activating group) is 1. The Bertz CT molecular complexity index is 339. The number of likely N-dealkylation sites (tertiary alicyclic amines) is 1. The average Bonchev–Trinajstić information content (AvgIpc) is 2.26. The Kier molecular flexibility index (Phi) is 6.26. The van der Waals surface area contributed by atoms with Crippen LogP contribution in [0.15, 0.2) is 0 Å². The highest BCUT2D eigenvalue weighted by atomic mass is 16.6. The van der Waals surface area contributed by atoms with Crippen molar-refractivity contribution < 1.29 is 14.3 Å². The van der Waals surface area contributed by atoms with E-state index >= 15 is 0 Å². The highest BCUT2D eigenvalue weighted by Crippen LogP contribution is 2.12. The van der Waals surface area contributed by atoms with E-state index in [2.05, 4.69) is 15.5 Å². The number of nitrogens with zero attached hydrogens (tertiary/aromatic N) is 1. The summed E-state index contributed by atoms with van der Waals surface area (Å²) in [5, 5.41) is 5.66. The van der Waals surface area contributed by atoms with Crippen LogP contribution in [0.3, 0.4) is 0 Å². The second-order valence-corrected chi connectivity index (χ2v) is 6.17. The second kappa shape index (κ2) is 7.47. The van der Waals surface area contributed by atoms with Crippen molar-refractivity contribution >= 4 is 12.0 Å². The average molecular weight is 285 g/mol. The van der Waals surface area contributed by atoms with E-state index in [9.17, 15) is 9.59 Å². The van der Waals surface area contributed by atoms with E-state index in [0.29, 0.717) is 19.6 Å². The number of carbonyl (C=O) groups is 2. The number of hydrogen-bond donors (Lipinski definition) is 2. The third-order valence-corrected chi connectivity index (χ3v) is 2.97. The molecule has 1 heterocycles. The highest BCUT2D eigenvalue weighted by Gasteiger charge is 2.24. The third kappa shape index (κ3) is 6.75. The summed E-state index contributed by atoms with van der Waals surface area (Å²) >= 11 is 0. The summed E-state index contributed by atoms with van der Waals surface area (Å²) in [4.78, 5) is 25.4. The van der Waals surface area contributed by atoms with E-state index in [1.165, 1.54) is 0 Å². The highest BCUT2D eigenvalue weighted by molar-refractivity contribution is 5.78. The first-order valence-electron chi connectivity index (χ1n) is 7.28. The molecule has 1 saturated heterocycles. The van der Waals surface area contributed by atoms with Gasteiger partial charge in [0.25, 0.3) is 0 Å². The molecule has 2 amide bonds. The van der Waals surface area contributed by atoms with Crippen LogP contribution >= 0.6 is 0 Å². The molecule has 6 heteroatoms. The molecule has 0 saturated carbocycles. The Balaban J connectivity index is 2.37. The summed E-state index contributed by atoms with van der Waals surface area (Å²) in [6.45, 7) is 10.0. The van der Waals surface area contributed by atoms with Crippen molar-refractivity contribution in [2.45, 2.75) is 52.2 Å². The minimum absolute atomic E-state index is 0.0328. The van der Waals surface area contributed by atoms with Crippen LogP contribution in [0.4, 0.5) is 4.79 Å². The van der Waals surface area contributed by atoms with Gasteiger partial charge in [-0.3, -0.25) is 9.69 Å². The molecule has 6 nitrogen and oxygen atoms in total. The zero-order valence-corrected chi connectivity index (χ0v) is 13.0. The fourth-order valence-corrected chi connectivity index (χ4v) is 2.25. The lowest BCUT2D eigenvalue weighted by molar-refractivity contribution is -0.122. The molecule has 0 aromatic heterocycles. The van der Waals surface area contributed by atoms with Crippen molar-refractivity contribution in [2.24, 2.45) is 0 Å². The fraction of sp³-hybridized carbons (Fsp3) is 0.857. The van der Waals surface area contributed by atoms with Gasteiger partial charge in [-0.1, -0.05) is 0 Å². The van der Waals surface area contributed by atoms with Gasteiger partial charge in [-0.25, -0.2) is 4.79 Å². The van der Waals surface area contributed by atoms with Crippen molar-refractivity contribution in [1.82, 2.24) is 15.5 Å². The Labute approximate surface area is 121 Å². The molecular formula is C14H27N3O3. The van der Waals surface area contributed by atoms with Gasteiger partial charge in [-0.2, -0.15) is 0 Å². The van der Waals surface area contributed by atoms with Crippen molar-refractivity contribution in [3.8, 4) is 0 Å². The van der Waals surface area contributed by atoms with Crippen LogP contribution in [-0.4, -0.2) is 54.7 Å². The molecule has 1 atom stereocenters. The lowest BCUT2D eigenvalue weighted by Crippen LogP contribution is -2.51. The smallest absolute Gasteiger partial charge is 0.407 e. The van der Waals surface area contributed by atoms with Crippen LogP contribution in [0.1, 0.15) is 40.5 Å². The Morgan fingerprint density at radius 3 is 2.65 bits per heavy atom. The Morgan fingerprint density at radius 2 is 2.05 bits per heavy atom. The zero-order chi connectivity index (χ0) is 15.2. The summed E-state index contributed by atoms with van der Waals surface area (Å²) in [5.41, 5.74) is -0.487. The second-order valence-electron chi connectivity index (χ2n) is 6.17. The number of amides is 2. The van der Waals surface area contributed by atoms with E-state index in [1.807, 2.05) is 27.7 Å². The first-order valence-corrected chi connectivity index (χ1v) is 7.28. The van der Waals surface area contributed by atoms with Gasteiger partial charge in [-0.05, 0) is 47.1 Å². The van der Waals surface area contributed by atoms with Gasteiger partial charge in [-0.15, -0.1) is 0 Å². The van der Waals surface area contributed by atoms with E-state index in [4.69, 9.17) is 4.74 Å². The number of hydrogen-bond acceptors (Lipinski definition) is 4. The molecule has 0 radical (unpaired) electrons. The van der Waals surface area contributed by atoms with Crippen LogP contribution in [-0.2, 0) is 9.53 Å². The maximum atomic E-state index is 11.7. The topological polar surface area (TPSA) is 70.7 Å². The third-order valence-electron chi connectivity index (χ3n) is 2.97. The van der Waals surface area contributed by atoms with Gasteiger partial charge >= 0.3 is 6.09 Å². The van der Waals surface area contributed by atoms with Crippen molar-refractivity contribution in [2.75, 3.05) is 26.2 Å². The lowest BCUT2D eigenvalue weighted by Gasteiger charge is -2.33. The molecule has 1 aliphatic heterocycles. The molecule has 0 aliphatic carbocycles. The normalized spacial score (nSPS) is 20.3. The summed E-state index contributed by atoms with van der Waals surface area (Å²) < 4.78 is 5.25. The van der Waals surface area contributed by atoms with Gasteiger partial charge in [0.05, 0.1) is 6.54 Å². The number of ether oxygens (including phenoxy) is 1. The molecule has 0 aromatic carbocycles. The van der Waals surface area contributed by atoms with Gasteiger partial charge < -0.3 is 15.4 Å². The molecule has 1 aliphatic rings. The largest absolute Gasteiger partial charge is 0.444 e. The van der Waals surface area contributed by atoms with Crippen LogP contribution in [0.25, 0.3) is 0 Å². The molecule has 1 fully saturated rings. The minimum atomic E-state index is -0.487. The van der Waals surface area contributed by atoms with Crippen molar-refractivity contribution in [3.63, 3.8) is 0 Å². The van der Waals surface area contributed by atoms with Crippen molar-refractivity contribution in [3.05, 3.63) is 0 Å². The van der Waals surface area contributed by atoms with E-state index in [0.717, 1.165) is 19.4 Å². The Morgan fingerprint density at radius 1 is 1.35 bits per heavy atom. The number of piperidine rings is 1. The monoisotopic (exact) mass is 285 g/mol. The molecule has 0 spiro atoms. The predicted molar refractivity (Wildman–Crippen MR) is 77.5 cm³/mol. The van der Waals surface area contributed by atoms with Gasteiger partial charge in [0.15, 0.2) is 0 Å². The maximum absolute atomic E-state index is 11.7. The summed E-state index contributed by atoms with van der Waals surface area (Å²) in [6, 6.07) is 0.0491. The fourth-order valence-electron chi connectivity index (χ4n) is 2.25. The number of nitrogens with one attached hydrogen (secondary N) is 2. The maximum Gasteiger partial charge on any atom is 0.407 e. The summed E-state index contributed by atoms with van der Waals surface area (Å²) in [7, 11) is 0. The first-order chi connectivity index (χ1) is 9.30. The quantitative estimate of drug-likeness (QED) is 0.812. The van der Waals surface area contributed by atoms with Gasteiger partial charge in [0.1, 0.15) is 5.60 Å². The molecule has 0 bridgehead atoms. The van der Waals surface area contributed by atoms with Gasteiger partial charge in [0, 0.05) is 19.1 Å². The first kappa shape index (κ1) is 16.8. The number of rotatable bonds is 4. The molecular weight excluding hydrogens is 258 g/mol. The lowest BCUT2D eigenvalue weighted by atomic mass is 10.1. The van der Waals surface area contributed by atoms with Crippen LogP contribution in [0.5, 0.6) is 0 Å². The predicted octanol–water partition coefficient (Wildman–Crippen LogP) is 1.11. The zero-order valence-electron chi connectivity index (χ0n) is 13.0. The van der Waals surface area contributed by atoms with Crippen molar-refractivity contribution in [1.29, 1.82) is 0 Å². The summed E-state index contributed by atoms with van der Waals surface area (Å²) in [6.07, 6.45) is 1.51. The van der Waals surface area contributed by atoms with Crippen LogP contribution in [0, 0.1) is 0 Å². The molecule has 0 aromatic rings. The molecule has 1 unspecified atom stereocenters. The molecule has 116 valence electrons. The van der Waals surface area contributed by atoms with E-state index < -0.39 is 5.60 Å². The molecule has 20 heavy (non-hydrogen) atoms. The van der Waals surface area contributed by atoms with Crippen LogP contribution in [0.2, 0.25) is 0 Å². The molecule has 1 rings (SSSR count). The minimum Gasteiger partial charge on any atom is -0.444 e. The summed E-state index contributed by atoms with van der Waals surface area (Å²) in [5.74, 6) is 0.0328. The van der Waals surface area contributed by atoms with Gasteiger partial charge in [0.2, 0.25) is 5.91 Å². The standard InChI is InChI=1S/C14H27N3O3/c1-5-15-12(18)10-17-8-6-7-11(9-17)16-13(19)20-14(2,3)4/h11H,5-10H2,1-4H3,(H,15,18)(H,16,19). The Hall–Kier alpha value is -1.30. The molecule has 2 N–H and O–H groups in total. The van der Waals surface area contributed by atoms with E-state index in [-0.39, 0.29) is 18.0 Å². The SMILES string of the molecule is CCNC(=O)CN1CCCC(NC(=O)OC(C)(C)C)C1. The van der Waals surface area contributed by atoms with Crippen LogP contribution < -0.4 is 10.6 Å². The van der Waals surface area contributed by atoms with E-state index in [1.54, 1.807) is 0 Å². The number of alkyl carbamates (subject to hydrolysis) is 1.